The number of hydrogen-bond acceptors (Lipinski definition) is 8. The van der Waals surface area contributed by atoms with Crippen LogP contribution in [0.2, 0.25) is 0 Å². The second-order valence-corrected chi connectivity index (χ2v) is 11.7. The van der Waals surface area contributed by atoms with Gasteiger partial charge in [0, 0.05) is 44.4 Å². The fourth-order valence-electron chi connectivity index (χ4n) is 5.65. The van der Waals surface area contributed by atoms with E-state index in [-0.39, 0.29) is 29.4 Å². The number of anilines is 1. The molecule has 1 saturated carbocycles. The summed E-state index contributed by atoms with van der Waals surface area (Å²) in [4.78, 5) is 40.7. The molecule has 0 unspecified atom stereocenters. The number of aromatic nitrogens is 2. The molecule has 1 atom stereocenters. The topological polar surface area (TPSA) is 115 Å². The molecular formula is C28H38F3N5O6. The van der Waals surface area contributed by atoms with Gasteiger partial charge in [0.15, 0.2) is 0 Å². The van der Waals surface area contributed by atoms with Gasteiger partial charge in [-0.2, -0.15) is 18.3 Å². The summed E-state index contributed by atoms with van der Waals surface area (Å²) in [5.41, 5.74) is -0.687. The monoisotopic (exact) mass is 597 g/mol. The third-order valence-corrected chi connectivity index (χ3v) is 7.63. The lowest BCUT2D eigenvalue weighted by molar-refractivity contribution is -0.167. The molecule has 1 aromatic carbocycles. The molecular weight excluding hydrogens is 559 g/mol. The SMILES string of the molecule is COC[C@H]1CN(C2CCC(n3cc4cc(NC(=O)C(F)(F)F)c(C(=O)OC)cc4n3)CC2)CCN1C(=O)OC(C)(C)C. The summed E-state index contributed by atoms with van der Waals surface area (Å²) in [6.07, 6.45) is -0.297. The Kier molecular flexibility index (Phi) is 9.36. The van der Waals surface area contributed by atoms with Crippen molar-refractivity contribution in [1.82, 2.24) is 19.6 Å². The van der Waals surface area contributed by atoms with Gasteiger partial charge < -0.3 is 24.4 Å². The van der Waals surface area contributed by atoms with Gasteiger partial charge in [-0.1, -0.05) is 0 Å². The van der Waals surface area contributed by atoms with E-state index >= 15 is 0 Å². The number of alkyl halides is 3. The third-order valence-electron chi connectivity index (χ3n) is 7.63. The van der Waals surface area contributed by atoms with Crippen molar-refractivity contribution in [2.75, 3.05) is 45.8 Å². The maximum Gasteiger partial charge on any atom is 0.471 e. The summed E-state index contributed by atoms with van der Waals surface area (Å²) in [6.45, 7) is 7.88. The molecule has 14 heteroatoms. The molecule has 1 aliphatic carbocycles. The lowest BCUT2D eigenvalue weighted by Gasteiger charge is -2.45. The summed E-state index contributed by atoms with van der Waals surface area (Å²) < 4.78 is 56.1. The van der Waals surface area contributed by atoms with Crippen molar-refractivity contribution in [3.63, 3.8) is 0 Å². The van der Waals surface area contributed by atoms with Gasteiger partial charge in [0.1, 0.15) is 5.60 Å². The second-order valence-electron chi connectivity index (χ2n) is 11.7. The lowest BCUT2D eigenvalue weighted by Crippen LogP contribution is -2.59. The van der Waals surface area contributed by atoms with Crippen LogP contribution in [-0.4, -0.2) is 102 Å². The van der Waals surface area contributed by atoms with Crippen LogP contribution in [0.15, 0.2) is 18.3 Å². The highest BCUT2D eigenvalue weighted by Gasteiger charge is 2.40. The molecule has 2 fully saturated rings. The first-order valence-corrected chi connectivity index (χ1v) is 13.9. The van der Waals surface area contributed by atoms with Gasteiger partial charge in [0.2, 0.25) is 0 Å². The molecule has 232 valence electrons. The molecule has 1 aromatic heterocycles. The van der Waals surface area contributed by atoms with E-state index in [4.69, 9.17) is 14.2 Å². The van der Waals surface area contributed by atoms with E-state index in [1.54, 1.807) is 28.2 Å². The van der Waals surface area contributed by atoms with Crippen molar-refractivity contribution in [3.05, 3.63) is 23.9 Å². The normalized spacial score (nSPS) is 22.2. The van der Waals surface area contributed by atoms with Crippen molar-refractivity contribution < 1.29 is 41.8 Å². The van der Waals surface area contributed by atoms with E-state index in [1.807, 2.05) is 20.8 Å². The van der Waals surface area contributed by atoms with Crippen molar-refractivity contribution in [3.8, 4) is 0 Å². The predicted octanol–water partition coefficient (Wildman–Crippen LogP) is 4.38. The first kappa shape index (κ1) is 31.5. The number of benzene rings is 1. The predicted molar refractivity (Wildman–Crippen MR) is 147 cm³/mol. The van der Waals surface area contributed by atoms with Crippen LogP contribution in [-0.2, 0) is 19.0 Å². The first-order chi connectivity index (χ1) is 19.7. The minimum atomic E-state index is -5.11. The highest BCUT2D eigenvalue weighted by Crippen LogP contribution is 2.34. The van der Waals surface area contributed by atoms with Crippen LogP contribution in [0.25, 0.3) is 10.9 Å². The zero-order chi connectivity index (χ0) is 30.8. The van der Waals surface area contributed by atoms with Crippen molar-refractivity contribution in [1.29, 1.82) is 0 Å². The minimum absolute atomic E-state index is 0.0567. The van der Waals surface area contributed by atoms with Gasteiger partial charge in [-0.3, -0.25) is 14.4 Å². The molecule has 2 heterocycles. The quantitative estimate of drug-likeness (QED) is 0.488. The Morgan fingerprint density at radius 1 is 1.02 bits per heavy atom. The van der Waals surface area contributed by atoms with Gasteiger partial charge in [-0.05, 0) is 58.6 Å². The zero-order valence-corrected chi connectivity index (χ0v) is 24.5. The van der Waals surface area contributed by atoms with Crippen LogP contribution < -0.4 is 5.32 Å². The second kappa shape index (κ2) is 12.5. The van der Waals surface area contributed by atoms with Crippen LogP contribution >= 0.6 is 0 Å². The van der Waals surface area contributed by atoms with E-state index in [1.165, 1.54) is 12.1 Å². The highest BCUT2D eigenvalue weighted by molar-refractivity contribution is 6.06. The Morgan fingerprint density at radius 2 is 1.69 bits per heavy atom. The van der Waals surface area contributed by atoms with Crippen LogP contribution in [0.3, 0.4) is 0 Å². The molecule has 1 saturated heterocycles. The standard InChI is InChI=1S/C28H38F3N5O6/c1-27(2,3)42-26(39)35-11-10-34(15-20(35)16-40-4)18-6-8-19(9-7-18)36-14-17-12-23(32-25(38)28(29,30)31)21(24(37)41-5)13-22(17)33-36/h12-14,18-20H,6-11,15-16H2,1-5H3,(H,32,38)/t18?,19?,20-/m1/s1. The third kappa shape index (κ3) is 7.33. The molecule has 0 bridgehead atoms. The number of ether oxygens (including phenoxy) is 3. The Hall–Kier alpha value is -3.39. The number of esters is 1. The first-order valence-electron chi connectivity index (χ1n) is 13.9. The van der Waals surface area contributed by atoms with Gasteiger partial charge >= 0.3 is 24.1 Å². The average molecular weight is 598 g/mol. The average Bonchev–Trinajstić information content (AvgIpc) is 3.34. The number of nitrogens with zero attached hydrogens (tertiary/aromatic N) is 4. The number of nitrogens with one attached hydrogen (secondary N) is 1. The summed E-state index contributed by atoms with van der Waals surface area (Å²) in [5.74, 6) is -3.07. The largest absolute Gasteiger partial charge is 0.471 e. The van der Waals surface area contributed by atoms with E-state index in [0.717, 1.165) is 39.3 Å². The molecule has 2 aromatic rings. The number of piperazine rings is 1. The number of methoxy groups -OCH3 is 2. The molecule has 11 nitrogen and oxygen atoms in total. The van der Waals surface area contributed by atoms with Gasteiger partial charge in [-0.25, -0.2) is 9.59 Å². The molecule has 0 radical (unpaired) electrons. The maximum atomic E-state index is 12.9. The van der Waals surface area contributed by atoms with Gasteiger partial charge in [-0.15, -0.1) is 0 Å². The van der Waals surface area contributed by atoms with Crippen LogP contribution in [0.4, 0.5) is 23.7 Å². The summed E-state index contributed by atoms with van der Waals surface area (Å²) in [6, 6.07) is 2.89. The van der Waals surface area contributed by atoms with Crippen LogP contribution in [0.5, 0.6) is 0 Å². The Balaban J connectivity index is 1.43. The van der Waals surface area contributed by atoms with Crippen LogP contribution in [0.1, 0.15) is 62.9 Å². The number of amides is 2. The summed E-state index contributed by atoms with van der Waals surface area (Å²) in [5, 5.41) is 6.86. The van der Waals surface area contributed by atoms with E-state index in [2.05, 4.69) is 10.00 Å². The van der Waals surface area contributed by atoms with Gasteiger partial charge in [0.25, 0.3) is 0 Å². The highest BCUT2D eigenvalue weighted by atomic mass is 19.4. The number of hydrogen-bond donors (Lipinski definition) is 1. The number of rotatable bonds is 6. The molecule has 0 spiro atoms. The zero-order valence-electron chi connectivity index (χ0n) is 24.5. The fraction of sp³-hybridized carbons (Fsp3) is 0.643. The van der Waals surface area contributed by atoms with E-state index in [9.17, 15) is 27.6 Å². The Labute approximate surface area is 242 Å². The van der Waals surface area contributed by atoms with Crippen molar-refractivity contribution >= 4 is 34.6 Å². The van der Waals surface area contributed by atoms with Crippen molar-refractivity contribution in [2.45, 2.75) is 76.4 Å². The smallest absolute Gasteiger partial charge is 0.465 e. The maximum absolute atomic E-state index is 12.9. The molecule has 4 rings (SSSR count). The minimum Gasteiger partial charge on any atom is -0.465 e. The molecule has 42 heavy (non-hydrogen) atoms. The number of carbonyl (C=O) groups excluding carboxylic acids is 3. The Bertz CT molecular complexity index is 1300. The Morgan fingerprint density at radius 3 is 2.29 bits per heavy atom. The molecule has 1 N–H and O–H groups in total. The van der Waals surface area contributed by atoms with E-state index in [0.29, 0.717) is 36.6 Å². The summed E-state index contributed by atoms with van der Waals surface area (Å²) >= 11 is 0. The number of halogens is 3. The number of carbonyl (C=O) groups is 3. The van der Waals surface area contributed by atoms with Crippen molar-refractivity contribution in [2.24, 2.45) is 0 Å². The lowest BCUT2D eigenvalue weighted by atomic mass is 9.89. The fourth-order valence-corrected chi connectivity index (χ4v) is 5.65. The molecule has 2 aliphatic rings. The van der Waals surface area contributed by atoms with Crippen LogP contribution in [0, 0.1) is 0 Å². The molecule has 2 amide bonds. The van der Waals surface area contributed by atoms with Gasteiger partial charge in [0.05, 0.1) is 42.6 Å². The van der Waals surface area contributed by atoms with E-state index < -0.39 is 23.7 Å². The molecule has 1 aliphatic heterocycles. The number of fused-ring (bicyclic) bond motifs is 1. The summed E-state index contributed by atoms with van der Waals surface area (Å²) in [7, 11) is 2.72.